The highest BCUT2D eigenvalue weighted by atomic mass is 16.5. The second-order valence-corrected chi connectivity index (χ2v) is 7.34. The minimum atomic E-state index is -0.648. The molecule has 134 valence electrons. The van der Waals surface area contributed by atoms with E-state index in [4.69, 9.17) is 9.47 Å². The zero-order valence-corrected chi connectivity index (χ0v) is 14.7. The van der Waals surface area contributed by atoms with Crippen molar-refractivity contribution in [1.82, 2.24) is 0 Å². The van der Waals surface area contributed by atoms with Crippen LogP contribution in [0, 0.1) is 10.8 Å². The highest BCUT2D eigenvalue weighted by Gasteiger charge is 2.25. The van der Waals surface area contributed by atoms with Gasteiger partial charge in [0, 0.05) is 10.8 Å². The molecule has 1 aromatic carbocycles. The van der Waals surface area contributed by atoms with E-state index >= 15 is 0 Å². The molecule has 0 radical (unpaired) electrons. The molecule has 6 heteroatoms. The van der Waals surface area contributed by atoms with Gasteiger partial charge in [-0.3, -0.25) is 0 Å². The van der Waals surface area contributed by atoms with Crippen LogP contribution in [0.25, 0.3) is 0 Å². The molecule has 0 aliphatic rings. The van der Waals surface area contributed by atoms with E-state index in [1.807, 2.05) is 0 Å². The summed E-state index contributed by atoms with van der Waals surface area (Å²) in [6, 6.07) is 6.23. The number of ether oxygens (including phenoxy) is 2. The van der Waals surface area contributed by atoms with E-state index in [2.05, 4.69) is 0 Å². The molecule has 6 nitrogen and oxygen atoms in total. The fraction of sp³-hybridized carbons (Fsp3) is 0.556. The lowest BCUT2D eigenvalue weighted by Gasteiger charge is -2.22. The number of aliphatic hydroxyl groups is 2. The number of benzene rings is 1. The first-order chi connectivity index (χ1) is 11.1. The first-order valence-electron chi connectivity index (χ1n) is 7.77. The van der Waals surface area contributed by atoms with E-state index in [1.54, 1.807) is 39.8 Å². The first kappa shape index (κ1) is 20.1. The second-order valence-electron chi connectivity index (χ2n) is 7.34. The number of hydrogen-bond donors (Lipinski definition) is 2. The van der Waals surface area contributed by atoms with Gasteiger partial charge in [0.25, 0.3) is 0 Å². The van der Waals surface area contributed by atoms with Crippen molar-refractivity contribution in [3.8, 4) is 0 Å². The van der Waals surface area contributed by atoms with Gasteiger partial charge in [-0.1, -0.05) is 39.8 Å². The van der Waals surface area contributed by atoms with Gasteiger partial charge >= 0.3 is 11.9 Å². The van der Waals surface area contributed by atoms with Crippen LogP contribution in [0.4, 0.5) is 0 Å². The molecule has 1 rings (SSSR count). The van der Waals surface area contributed by atoms with Crippen LogP contribution < -0.4 is 0 Å². The lowest BCUT2D eigenvalue weighted by atomic mass is 9.96. The van der Waals surface area contributed by atoms with E-state index in [-0.39, 0.29) is 37.6 Å². The van der Waals surface area contributed by atoms with Crippen molar-refractivity contribution < 1.29 is 29.3 Å². The Kier molecular flexibility index (Phi) is 6.93. The van der Waals surface area contributed by atoms with Crippen molar-refractivity contribution in [2.24, 2.45) is 10.8 Å². The monoisotopic (exact) mass is 338 g/mol. The normalized spacial score (nSPS) is 11.9. The first-order valence-corrected chi connectivity index (χ1v) is 7.77. The number of carbonyl (C=O) groups excluding carboxylic acids is 2. The molecular weight excluding hydrogens is 312 g/mol. The lowest BCUT2D eigenvalue weighted by Crippen LogP contribution is -2.27. The fourth-order valence-electron chi connectivity index (χ4n) is 1.61. The summed E-state index contributed by atoms with van der Waals surface area (Å²) in [5.74, 6) is -1.30. The van der Waals surface area contributed by atoms with Crippen LogP contribution in [0.3, 0.4) is 0 Å². The van der Waals surface area contributed by atoms with Gasteiger partial charge in [0.1, 0.15) is 0 Å². The molecule has 24 heavy (non-hydrogen) atoms. The third kappa shape index (κ3) is 5.94. The van der Waals surface area contributed by atoms with Crippen molar-refractivity contribution in [2.75, 3.05) is 26.4 Å². The summed E-state index contributed by atoms with van der Waals surface area (Å²) in [6.45, 7) is 6.86. The molecular formula is C18H26O6. The Labute approximate surface area is 142 Å². The van der Waals surface area contributed by atoms with Crippen LogP contribution >= 0.6 is 0 Å². The Morgan fingerprint density at radius 2 is 1.17 bits per heavy atom. The highest BCUT2D eigenvalue weighted by Crippen LogP contribution is 2.19. The number of carbonyl (C=O) groups is 2. The van der Waals surface area contributed by atoms with Crippen LogP contribution in [0.5, 0.6) is 0 Å². The summed E-state index contributed by atoms with van der Waals surface area (Å²) in [6.07, 6.45) is 0. The highest BCUT2D eigenvalue weighted by molar-refractivity contribution is 6.03. The summed E-state index contributed by atoms with van der Waals surface area (Å²) < 4.78 is 10.4. The van der Waals surface area contributed by atoms with Crippen LogP contribution in [0.1, 0.15) is 48.4 Å². The second kappa shape index (κ2) is 8.26. The predicted molar refractivity (Wildman–Crippen MR) is 88.7 cm³/mol. The maximum Gasteiger partial charge on any atom is 0.339 e. The van der Waals surface area contributed by atoms with Gasteiger partial charge in [-0.25, -0.2) is 9.59 Å². The van der Waals surface area contributed by atoms with Crippen LogP contribution in [0.2, 0.25) is 0 Å². The SMILES string of the molecule is CC(C)(CO)COC(=O)c1ccccc1C(=O)OCC(C)(C)CO. The van der Waals surface area contributed by atoms with Gasteiger partial charge in [0.05, 0.1) is 37.6 Å². The standard InChI is InChI=1S/C18H26O6/c1-17(2,9-19)11-23-15(21)13-7-5-6-8-14(13)16(22)24-12-18(3,4)10-20/h5-8,19-20H,9-12H2,1-4H3. The van der Waals surface area contributed by atoms with Crippen LogP contribution in [-0.2, 0) is 9.47 Å². The maximum absolute atomic E-state index is 12.2. The van der Waals surface area contributed by atoms with E-state index in [9.17, 15) is 19.8 Å². The lowest BCUT2D eigenvalue weighted by molar-refractivity contribution is 0.0179. The van der Waals surface area contributed by atoms with Crippen molar-refractivity contribution in [3.63, 3.8) is 0 Å². The van der Waals surface area contributed by atoms with Gasteiger partial charge in [-0.2, -0.15) is 0 Å². The largest absolute Gasteiger partial charge is 0.461 e. The molecule has 0 saturated carbocycles. The third-order valence-electron chi connectivity index (χ3n) is 3.41. The molecule has 0 heterocycles. The van der Waals surface area contributed by atoms with E-state index in [1.165, 1.54) is 12.1 Å². The van der Waals surface area contributed by atoms with Crippen molar-refractivity contribution in [2.45, 2.75) is 27.7 Å². The molecule has 0 unspecified atom stereocenters. The van der Waals surface area contributed by atoms with E-state index in [0.29, 0.717) is 0 Å². The van der Waals surface area contributed by atoms with Gasteiger partial charge in [-0.05, 0) is 12.1 Å². The Morgan fingerprint density at radius 3 is 1.46 bits per heavy atom. The molecule has 0 amide bonds. The predicted octanol–water partition coefficient (Wildman–Crippen LogP) is 2.04. The van der Waals surface area contributed by atoms with Crippen LogP contribution in [-0.4, -0.2) is 48.6 Å². The molecule has 0 aliphatic heterocycles. The Balaban J connectivity index is 2.84. The number of rotatable bonds is 8. The number of aliphatic hydroxyl groups excluding tert-OH is 2. The quantitative estimate of drug-likeness (QED) is 0.705. The van der Waals surface area contributed by atoms with Crippen LogP contribution in [0.15, 0.2) is 24.3 Å². The average molecular weight is 338 g/mol. The summed E-state index contributed by atoms with van der Waals surface area (Å²) in [5, 5.41) is 18.4. The Hall–Kier alpha value is -1.92. The summed E-state index contributed by atoms with van der Waals surface area (Å²) in [7, 11) is 0. The topological polar surface area (TPSA) is 93.1 Å². The number of esters is 2. The Morgan fingerprint density at radius 1 is 0.833 bits per heavy atom. The van der Waals surface area contributed by atoms with Crippen molar-refractivity contribution in [1.29, 1.82) is 0 Å². The summed E-state index contributed by atoms with van der Waals surface area (Å²) >= 11 is 0. The number of hydrogen-bond acceptors (Lipinski definition) is 6. The zero-order valence-electron chi connectivity index (χ0n) is 14.7. The molecule has 0 bridgehead atoms. The smallest absolute Gasteiger partial charge is 0.339 e. The molecule has 0 atom stereocenters. The van der Waals surface area contributed by atoms with Crippen molar-refractivity contribution in [3.05, 3.63) is 35.4 Å². The van der Waals surface area contributed by atoms with Gasteiger partial charge in [0.15, 0.2) is 0 Å². The van der Waals surface area contributed by atoms with Gasteiger partial charge in [-0.15, -0.1) is 0 Å². The minimum Gasteiger partial charge on any atom is -0.461 e. The maximum atomic E-state index is 12.2. The molecule has 0 saturated heterocycles. The van der Waals surface area contributed by atoms with Crippen molar-refractivity contribution >= 4 is 11.9 Å². The molecule has 0 aliphatic carbocycles. The third-order valence-corrected chi connectivity index (χ3v) is 3.41. The molecule has 0 fully saturated rings. The Bertz CT molecular complexity index is 526. The summed E-state index contributed by atoms with van der Waals surface area (Å²) in [4.78, 5) is 24.5. The molecule has 2 N–H and O–H groups in total. The zero-order chi connectivity index (χ0) is 18.4. The fourth-order valence-corrected chi connectivity index (χ4v) is 1.61. The van der Waals surface area contributed by atoms with E-state index < -0.39 is 22.8 Å². The molecule has 0 spiro atoms. The molecule has 1 aromatic rings. The van der Waals surface area contributed by atoms with E-state index in [0.717, 1.165) is 0 Å². The van der Waals surface area contributed by atoms with Gasteiger partial charge in [0.2, 0.25) is 0 Å². The minimum absolute atomic E-state index is 0.0310. The van der Waals surface area contributed by atoms with Gasteiger partial charge < -0.3 is 19.7 Å². The molecule has 0 aromatic heterocycles. The summed E-state index contributed by atoms with van der Waals surface area (Å²) in [5.41, 5.74) is -0.900. The average Bonchev–Trinajstić information content (AvgIpc) is 2.57.